The number of hydrogen-bond acceptors (Lipinski definition) is 2. The molecule has 0 fully saturated rings. The lowest BCUT2D eigenvalue weighted by Gasteiger charge is -2.09. The van der Waals surface area contributed by atoms with Crippen LogP contribution in [0.1, 0.15) is 27.0 Å². The van der Waals surface area contributed by atoms with Crippen molar-refractivity contribution in [3.63, 3.8) is 0 Å². The van der Waals surface area contributed by atoms with E-state index >= 15 is 0 Å². The van der Waals surface area contributed by atoms with Crippen LogP contribution in [0.2, 0.25) is 0 Å². The van der Waals surface area contributed by atoms with Crippen molar-refractivity contribution in [3.05, 3.63) is 64.5 Å². The van der Waals surface area contributed by atoms with E-state index in [1.807, 2.05) is 32.0 Å². The molecule has 0 aliphatic heterocycles. The number of carbonyl (C=O) groups excluding carboxylic acids is 1. The summed E-state index contributed by atoms with van der Waals surface area (Å²) in [7, 11) is 0. The van der Waals surface area contributed by atoms with E-state index in [0.29, 0.717) is 11.3 Å². The minimum absolute atomic E-state index is 0.101. The fourth-order valence-electron chi connectivity index (χ4n) is 1.89. The van der Waals surface area contributed by atoms with Crippen molar-refractivity contribution in [1.82, 2.24) is 0 Å². The maximum atomic E-state index is 13.0. The van der Waals surface area contributed by atoms with Crippen molar-refractivity contribution < 1.29 is 9.18 Å². The molecule has 100 valence electrons. The third-order valence-electron chi connectivity index (χ3n) is 2.99. The Kier molecular flexibility index (Phi) is 3.81. The standard InChI is InChI=1S/C16H13FN2O/c1-10-3-4-11(2)14(7-10)16(20)19-15-6-5-13(17)8-12(15)9-18/h3-8H,1-2H3,(H,19,20). The molecule has 0 unspecified atom stereocenters. The summed E-state index contributed by atoms with van der Waals surface area (Å²) >= 11 is 0. The van der Waals surface area contributed by atoms with E-state index in [9.17, 15) is 9.18 Å². The Hall–Kier alpha value is -2.67. The fraction of sp³-hybridized carbons (Fsp3) is 0.125. The Balaban J connectivity index is 2.33. The fourth-order valence-corrected chi connectivity index (χ4v) is 1.89. The summed E-state index contributed by atoms with van der Waals surface area (Å²) in [5.74, 6) is -0.819. The SMILES string of the molecule is Cc1ccc(C)c(C(=O)Nc2ccc(F)cc2C#N)c1. The van der Waals surface area contributed by atoms with Gasteiger partial charge >= 0.3 is 0 Å². The van der Waals surface area contributed by atoms with Gasteiger partial charge in [0.2, 0.25) is 0 Å². The number of amides is 1. The molecule has 0 aromatic heterocycles. The number of rotatable bonds is 2. The number of halogens is 1. The first-order chi connectivity index (χ1) is 9.51. The Morgan fingerprint density at radius 2 is 1.95 bits per heavy atom. The van der Waals surface area contributed by atoms with Crippen LogP contribution in [0.3, 0.4) is 0 Å². The number of nitrogens with one attached hydrogen (secondary N) is 1. The highest BCUT2D eigenvalue weighted by molar-refractivity contribution is 6.06. The maximum Gasteiger partial charge on any atom is 0.255 e. The first-order valence-corrected chi connectivity index (χ1v) is 6.09. The number of nitrogens with zero attached hydrogens (tertiary/aromatic N) is 1. The summed E-state index contributed by atoms with van der Waals surface area (Å²) in [6.07, 6.45) is 0. The molecule has 0 saturated carbocycles. The molecule has 20 heavy (non-hydrogen) atoms. The molecule has 0 spiro atoms. The molecular formula is C16H13FN2O. The topological polar surface area (TPSA) is 52.9 Å². The molecule has 0 bridgehead atoms. The van der Waals surface area contributed by atoms with Gasteiger partial charge in [-0.15, -0.1) is 0 Å². The lowest BCUT2D eigenvalue weighted by atomic mass is 10.0. The molecule has 2 aromatic rings. The lowest BCUT2D eigenvalue weighted by molar-refractivity contribution is 0.102. The average molecular weight is 268 g/mol. The smallest absolute Gasteiger partial charge is 0.255 e. The predicted octanol–water partition coefficient (Wildman–Crippen LogP) is 3.57. The highest BCUT2D eigenvalue weighted by Crippen LogP contribution is 2.18. The molecule has 2 aromatic carbocycles. The monoisotopic (exact) mass is 268 g/mol. The van der Waals surface area contributed by atoms with Gasteiger partial charge in [0.15, 0.2) is 0 Å². The van der Waals surface area contributed by atoms with E-state index in [2.05, 4.69) is 5.32 Å². The van der Waals surface area contributed by atoms with E-state index < -0.39 is 5.82 Å². The minimum atomic E-state index is -0.508. The second-order valence-corrected chi connectivity index (χ2v) is 4.57. The highest BCUT2D eigenvalue weighted by Gasteiger charge is 2.12. The quantitative estimate of drug-likeness (QED) is 0.905. The van der Waals surface area contributed by atoms with Crippen molar-refractivity contribution in [2.24, 2.45) is 0 Å². The average Bonchev–Trinajstić information content (AvgIpc) is 2.43. The minimum Gasteiger partial charge on any atom is -0.321 e. The second kappa shape index (κ2) is 5.54. The Morgan fingerprint density at radius 3 is 2.65 bits per heavy atom. The third-order valence-corrected chi connectivity index (χ3v) is 2.99. The molecule has 1 amide bonds. The maximum absolute atomic E-state index is 13.0. The van der Waals surface area contributed by atoms with Crippen molar-refractivity contribution >= 4 is 11.6 Å². The van der Waals surface area contributed by atoms with Gasteiger partial charge in [-0.05, 0) is 43.7 Å². The summed E-state index contributed by atoms with van der Waals surface area (Å²) < 4.78 is 13.0. The number of hydrogen-bond donors (Lipinski definition) is 1. The van der Waals surface area contributed by atoms with Crippen molar-refractivity contribution in [2.75, 3.05) is 5.32 Å². The van der Waals surface area contributed by atoms with Crippen LogP contribution in [0, 0.1) is 31.0 Å². The summed E-state index contributed by atoms with van der Waals surface area (Å²) in [6.45, 7) is 3.74. The van der Waals surface area contributed by atoms with E-state index in [-0.39, 0.29) is 11.5 Å². The van der Waals surface area contributed by atoms with Crippen molar-refractivity contribution in [1.29, 1.82) is 5.26 Å². The van der Waals surface area contributed by atoms with E-state index in [4.69, 9.17) is 5.26 Å². The third kappa shape index (κ3) is 2.83. The zero-order valence-electron chi connectivity index (χ0n) is 11.2. The van der Waals surface area contributed by atoms with Gasteiger partial charge in [-0.25, -0.2) is 4.39 Å². The van der Waals surface area contributed by atoms with Gasteiger partial charge < -0.3 is 5.32 Å². The van der Waals surface area contributed by atoms with Crippen LogP contribution in [0.4, 0.5) is 10.1 Å². The van der Waals surface area contributed by atoms with Crippen molar-refractivity contribution in [3.8, 4) is 6.07 Å². The Labute approximate surface area is 116 Å². The summed E-state index contributed by atoms with van der Waals surface area (Å²) in [5, 5.41) is 11.6. The number of carbonyl (C=O) groups is 1. The van der Waals surface area contributed by atoms with Gasteiger partial charge in [0, 0.05) is 5.56 Å². The first kappa shape index (κ1) is 13.8. The van der Waals surface area contributed by atoms with E-state index in [1.54, 1.807) is 6.07 Å². The molecule has 0 radical (unpaired) electrons. The van der Waals surface area contributed by atoms with Crippen LogP contribution in [-0.4, -0.2) is 5.91 Å². The Morgan fingerprint density at radius 1 is 1.20 bits per heavy atom. The van der Waals surface area contributed by atoms with Gasteiger partial charge in [-0.3, -0.25) is 4.79 Å². The lowest BCUT2D eigenvalue weighted by Crippen LogP contribution is -2.14. The number of aryl methyl sites for hydroxylation is 2. The number of benzene rings is 2. The van der Waals surface area contributed by atoms with Crippen LogP contribution in [0.25, 0.3) is 0 Å². The Bertz CT molecular complexity index is 717. The van der Waals surface area contributed by atoms with Crippen molar-refractivity contribution in [2.45, 2.75) is 13.8 Å². The van der Waals surface area contributed by atoms with Crippen LogP contribution >= 0.6 is 0 Å². The number of nitriles is 1. The molecule has 0 saturated heterocycles. The summed E-state index contributed by atoms with van der Waals surface area (Å²) in [5.41, 5.74) is 2.76. The van der Waals surface area contributed by atoms with Gasteiger partial charge in [0.05, 0.1) is 11.3 Å². The van der Waals surface area contributed by atoms with Gasteiger partial charge in [-0.1, -0.05) is 17.7 Å². The molecule has 4 heteroatoms. The normalized spacial score (nSPS) is 9.90. The van der Waals surface area contributed by atoms with Crippen LogP contribution in [0.15, 0.2) is 36.4 Å². The largest absolute Gasteiger partial charge is 0.321 e. The molecule has 0 aliphatic rings. The van der Waals surface area contributed by atoms with Gasteiger partial charge in [0.25, 0.3) is 5.91 Å². The summed E-state index contributed by atoms with van der Waals surface area (Å²) in [4.78, 5) is 12.2. The number of anilines is 1. The zero-order chi connectivity index (χ0) is 14.7. The molecular weight excluding hydrogens is 255 g/mol. The van der Waals surface area contributed by atoms with Gasteiger partial charge in [0.1, 0.15) is 11.9 Å². The molecule has 0 atom stereocenters. The van der Waals surface area contributed by atoms with Crippen LogP contribution in [0.5, 0.6) is 0 Å². The molecule has 1 N–H and O–H groups in total. The highest BCUT2D eigenvalue weighted by atomic mass is 19.1. The van der Waals surface area contributed by atoms with E-state index in [1.165, 1.54) is 12.1 Å². The second-order valence-electron chi connectivity index (χ2n) is 4.57. The van der Waals surface area contributed by atoms with E-state index in [0.717, 1.165) is 17.2 Å². The van der Waals surface area contributed by atoms with Crippen LogP contribution in [-0.2, 0) is 0 Å². The first-order valence-electron chi connectivity index (χ1n) is 6.09. The molecule has 2 rings (SSSR count). The predicted molar refractivity (Wildman–Crippen MR) is 75.0 cm³/mol. The van der Waals surface area contributed by atoms with Gasteiger partial charge in [-0.2, -0.15) is 5.26 Å². The zero-order valence-corrected chi connectivity index (χ0v) is 11.2. The molecule has 0 aliphatic carbocycles. The molecule has 0 heterocycles. The molecule has 3 nitrogen and oxygen atoms in total. The summed E-state index contributed by atoms with van der Waals surface area (Å²) in [6, 6.07) is 11.1. The van der Waals surface area contributed by atoms with Crippen LogP contribution < -0.4 is 5.32 Å².